The minimum atomic E-state index is -0.0756. The van der Waals surface area contributed by atoms with Crippen LogP contribution in [0, 0.1) is 0 Å². The molecule has 7 heteroatoms. The summed E-state index contributed by atoms with van der Waals surface area (Å²) >= 11 is 0. The van der Waals surface area contributed by atoms with Gasteiger partial charge in [0.15, 0.2) is 12.6 Å². The van der Waals surface area contributed by atoms with Crippen LogP contribution >= 0.6 is 0 Å². The molecule has 0 aliphatic heterocycles. The molecule has 30 heavy (non-hydrogen) atoms. The summed E-state index contributed by atoms with van der Waals surface area (Å²) in [6.45, 7) is 4.74. The predicted octanol–water partition coefficient (Wildman–Crippen LogP) is 2.68. The lowest BCUT2D eigenvalue weighted by molar-refractivity contribution is -0.130. The number of likely N-dealkylation sites (N-methyl/N-ethyl adjacent to an activating group) is 1. The molecule has 0 aliphatic rings. The summed E-state index contributed by atoms with van der Waals surface area (Å²) in [5.41, 5.74) is 1.01. The van der Waals surface area contributed by atoms with E-state index >= 15 is 0 Å². The van der Waals surface area contributed by atoms with E-state index in [9.17, 15) is 4.79 Å². The maximum atomic E-state index is 11.7. The van der Waals surface area contributed by atoms with Gasteiger partial charge in [0.25, 0.3) is 5.91 Å². The summed E-state index contributed by atoms with van der Waals surface area (Å²) in [4.78, 5) is 17.8. The quantitative estimate of drug-likeness (QED) is 0.337. The molecule has 0 bridgehead atoms. The van der Waals surface area contributed by atoms with Crippen molar-refractivity contribution in [2.24, 2.45) is 4.99 Å². The van der Waals surface area contributed by atoms with Crippen molar-refractivity contribution < 1.29 is 14.3 Å². The zero-order valence-electron chi connectivity index (χ0n) is 18.1. The number of amides is 1. The second-order valence-corrected chi connectivity index (χ2v) is 6.86. The van der Waals surface area contributed by atoms with Gasteiger partial charge >= 0.3 is 0 Å². The molecule has 0 radical (unpaired) electrons. The van der Waals surface area contributed by atoms with Crippen LogP contribution in [0.1, 0.15) is 18.9 Å². The Hall–Kier alpha value is -3.22. The summed E-state index contributed by atoms with van der Waals surface area (Å²) in [6, 6.07) is 17.4. The van der Waals surface area contributed by atoms with E-state index in [1.807, 2.05) is 61.5 Å². The van der Waals surface area contributed by atoms with Crippen LogP contribution in [0.15, 0.2) is 59.6 Å². The van der Waals surface area contributed by atoms with E-state index in [2.05, 4.69) is 15.6 Å². The molecule has 0 heterocycles. The van der Waals surface area contributed by atoms with Crippen LogP contribution in [0.25, 0.3) is 0 Å². The van der Waals surface area contributed by atoms with Gasteiger partial charge in [0.05, 0.1) is 13.2 Å². The molecule has 2 N–H and O–H groups in total. The van der Waals surface area contributed by atoms with Gasteiger partial charge in [0.1, 0.15) is 11.5 Å². The van der Waals surface area contributed by atoms with Crippen molar-refractivity contribution in [3.05, 3.63) is 60.2 Å². The van der Waals surface area contributed by atoms with Crippen molar-refractivity contribution in [3.8, 4) is 11.5 Å². The molecule has 1 amide bonds. The van der Waals surface area contributed by atoms with E-state index in [0.717, 1.165) is 36.8 Å². The molecule has 0 saturated heterocycles. The van der Waals surface area contributed by atoms with Crippen molar-refractivity contribution in [1.82, 2.24) is 15.5 Å². The van der Waals surface area contributed by atoms with E-state index in [1.165, 1.54) is 4.90 Å². The zero-order valence-corrected chi connectivity index (χ0v) is 18.1. The number of carbonyl (C=O) groups excluding carboxylic acids is 1. The standard InChI is InChI=1S/C23H32N4O3/c1-4-24-23(25-14-9-15-29-20-11-6-5-7-12-20)26-17-19-10-8-13-21(16-19)30-18-22(28)27(2)3/h5-8,10-13,16H,4,9,14-15,17-18H2,1-3H3,(H2,24,25,26). The van der Waals surface area contributed by atoms with Gasteiger partial charge < -0.3 is 25.0 Å². The highest BCUT2D eigenvalue weighted by Crippen LogP contribution is 2.14. The molecule has 0 atom stereocenters. The fraction of sp³-hybridized carbons (Fsp3) is 0.391. The number of hydrogen-bond acceptors (Lipinski definition) is 4. The van der Waals surface area contributed by atoms with Crippen LogP contribution in [0.3, 0.4) is 0 Å². The number of guanidine groups is 1. The Balaban J connectivity index is 1.79. The van der Waals surface area contributed by atoms with Crippen molar-refractivity contribution in [2.75, 3.05) is 40.4 Å². The fourth-order valence-electron chi connectivity index (χ4n) is 2.51. The number of ether oxygens (including phenoxy) is 2. The summed E-state index contributed by atoms with van der Waals surface area (Å²) in [5, 5.41) is 6.57. The van der Waals surface area contributed by atoms with E-state index in [0.29, 0.717) is 18.9 Å². The number of aliphatic imine (C=N–C) groups is 1. The molecule has 2 aromatic carbocycles. The highest BCUT2D eigenvalue weighted by Gasteiger charge is 2.05. The Morgan fingerprint density at radius 1 is 1.00 bits per heavy atom. The highest BCUT2D eigenvalue weighted by molar-refractivity contribution is 5.79. The molecule has 0 saturated carbocycles. The van der Waals surface area contributed by atoms with E-state index < -0.39 is 0 Å². The van der Waals surface area contributed by atoms with Crippen LogP contribution in [0.4, 0.5) is 0 Å². The molecule has 0 unspecified atom stereocenters. The number of nitrogens with one attached hydrogen (secondary N) is 2. The Bertz CT molecular complexity index is 794. The van der Waals surface area contributed by atoms with E-state index in [-0.39, 0.29) is 12.5 Å². The lowest BCUT2D eigenvalue weighted by Crippen LogP contribution is -2.38. The van der Waals surface area contributed by atoms with Gasteiger partial charge in [-0.15, -0.1) is 0 Å². The minimum absolute atomic E-state index is 0.0228. The smallest absolute Gasteiger partial charge is 0.259 e. The number of nitrogens with zero attached hydrogens (tertiary/aromatic N) is 2. The maximum absolute atomic E-state index is 11.7. The first-order chi connectivity index (χ1) is 14.6. The normalized spacial score (nSPS) is 11.0. The summed E-state index contributed by atoms with van der Waals surface area (Å²) in [5.74, 6) is 2.22. The molecule has 2 rings (SSSR count). The third-order valence-corrected chi connectivity index (χ3v) is 4.15. The van der Waals surface area contributed by atoms with E-state index in [1.54, 1.807) is 14.1 Å². The number of para-hydroxylation sites is 1. The molecular weight excluding hydrogens is 380 g/mol. The summed E-state index contributed by atoms with van der Waals surface area (Å²) in [6.07, 6.45) is 0.864. The van der Waals surface area contributed by atoms with Gasteiger partial charge in [-0.1, -0.05) is 30.3 Å². The van der Waals surface area contributed by atoms with Gasteiger partial charge in [0, 0.05) is 27.2 Å². The minimum Gasteiger partial charge on any atom is -0.494 e. The maximum Gasteiger partial charge on any atom is 0.259 e. The third kappa shape index (κ3) is 8.86. The average molecular weight is 413 g/mol. The van der Waals surface area contributed by atoms with Gasteiger partial charge in [-0.2, -0.15) is 0 Å². The molecule has 0 aromatic heterocycles. The second kappa shape index (κ2) is 13.1. The molecule has 0 fully saturated rings. The molecular formula is C23H32N4O3. The van der Waals surface area contributed by atoms with Gasteiger partial charge in [0.2, 0.25) is 0 Å². The number of rotatable bonds is 11. The van der Waals surface area contributed by atoms with Gasteiger partial charge in [-0.25, -0.2) is 4.99 Å². The van der Waals surface area contributed by atoms with Crippen molar-refractivity contribution >= 4 is 11.9 Å². The Morgan fingerprint density at radius 3 is 2.50 bits per heavy atom. The van der Waals surface area contributed by atoms with Crippen LogP contribution in [0.2, 0.25) is 0 Å². The molecule has 2 aromatic rings. The van der Waals surface area contributed by atoms with Crippen LogP contribution in [-0.4, -0.2) is 57.2 Å². The van der Waals surface area contributed by atoms with Crippen molar-refractivity contribution in [1.29, 1.82) is 0 Å². The third-order valence-electron chi connectivity index (χ3n) is 4.15. The van der Waals surface area contributed by atoms with Crippen LogP contribution in [0.5, 0.6) is 11.5 Å². The van der Waals surface area contributed by atoms with E-state index in [4.69, 9.17) is 9.47 Å². The average Bonchev–Trinajstić information content (AvgIpc) is 2.76. The van der Waals surface area contributed by atoms with Crippen LogP contribution < -0.4 is 20.1 Å². The van der Waals surface area contributed by atoms with Crippen molar-refractivity contribution in [2.45, 2.75) is 19.9 Å². The first kappa shape index (κ1) is 23.1. The second-order valence-electron chi connectivity index (χ2n) is 6.86. The van der Waals surface area contributed by atoms with Crippen molar-refractivity contribution in [3.63, 3.8) is 0 Å². The van der Waals surface area contributed by atoms with Gasteiger partial charge in [-0.3, -0.25) is 4.79 Å². The molecule has 0 aliphatic carbocycles. The lowest BCUT2D eigenvalue weighted by Gasteiger charge is -2.13. The number of hydrogen-bond donors (Lipinski definition) is 2. The van der Waals surface area contributed by atoms with Crippen LogP contribution in [-0.2, 0) is 11.3 Å². The first-order valence-corrected chi connectivity index (χ1v) is 10.2. The lowest BCUT2D eigenvalue weighted by atomic mass is 10.2. The summed E-state index contributed by atoms with van der Waals surface area (Å²) < 4.78 is 11.3. The molecule has 162 valence electrons. The number of benzene rings is 2. The number of carbonyl (C=O) groups is 1. The zero-order chi connectivity index (χ0) is 21.6. The first-order valence-electron chi connectivity index (χ1n) is 10.2. The monoisotopic (exact) mass is 412 g/mol. The topological polar surface area (TPSA) is 75.2 Å². The Kier molecular flexibility index (Phi) is 10.1. The largest absolute Gasteiger partial charge is 0.494 e. The Morgan fingerprint density at radius 2 is 1.77 bits per heavy atom. The van der Waals surface area contributed by atoms with Gasteiger partial charge in [-0.05, 0) is 43.2 Å². The SMILES string of the molecule is CCNC(=NCc1cccc(OCC(=O)N(C)C)c1)NCCCOc1ccccc1. The molecule has 0 spiro atoms. The fourth-order valence-corrected chi connectivity index (χ4v) is 2.51. The Labute approximate surface area is 179 Å². The predicted molar refractivity (Wildman–Crippen MR) is 120 cm³/mol. The summed E-state index contributed by atoms with van der Waals surface area (Å²) in [7, 11) is 3.42. The molecule has 7 nitrogen and oxygen atoms in total. The highest BCUT2D eigenvalue weighted by atomic mass is 16.5.